The van der Waals surface area contributed by atoms with E-state index in [1.807, 2.05) is 6.07 Å². The molecular weight excluding hydrogens is 312 g/mol. The number of rotatable bonds is 1. The van der Waals surface area contributed by atoms with Gasteiger partial charge in [-0.1, -0.05) is 6.92 Å². The van der Waals surface area contributed by atoms with Gasteiger partial charge >= 0.3 is 0 Å². The van der Waals surface area contributed by atoms with Crippen molar-refractivity contribution in [2.75, 3.05) is 24.5 Å². The maximum Gasteiger partial charge on any atom is 0.140 e. The van der Waals surface area contributed by atoms with Crippen molar-refractivity contribution in [2.45, 2.75) is 43.9 Å². The van der Waals surface area contributed by atoms with Gasteiger partial charge in [0.1, 0.15) is 17.9 Å². The number of hydrogen-bond acceptors (Lipinski definition) is 5. The highest BCUT2D eigenvalue weighted by Crippen LogP contribution is 2.51. The first-order chi connectivity index (χ1) is 12.2. The van der Waals surface area contributed by atoms with Gasteiger partial charge < -0.3 is 15.3 Å². The Balaban J connectivity index is 1.67. The smallest absolute Gasteiger partial charge is 0.140 e. The molecule has 2 aliphatic heterocycles. The molecule has 1 saturated heterocycles. The third kappa shape index (κ3) is 2.18. The normalized spacial score (nSPS) is 23.7. The lowest BCUT2D eigenvalue weighted by Gasteiger charge is -2.35. The van der Waals surface area contributed by atoms with Crippen LogP contribution < -0.4 is 10.2 Å². The molecule has 0 saturated carbocycles. The van der Waals surface area contributed by atoms with Crippen LogP contribution in [-0.2, 0) is 11.8 Å². The fourth-order valence-corrected chi connectivity index (χ4v) is 5.02. The molecule has 0 radical (unpaired) electrons. The SMILES string of the molecule is CC1CCc2ncnc(N3CC4(CCNCC4)c4cc(O)ccc43)c21. The zero-order valence-electron chi connectivity index (χ0n) is 14.6. The molecule has 0 amide bonds. The number of phenolic OH excluding ortho intramolecular Hbond substituents is 1. The first-order valence-corrected chi connectivity index (χ1v) is 9.33. The van der Waals surface area contributed by atoms with E-state index in [1.54, 1.807) is 12.4 Å². The Hall–Kier alpha value is -2.14. The first kappa shape index (κ1) is 15.1. The van der Waals surface area contributed by atoms with Crippen molar-refractivity contribution in [1.82, 2.24) is 15.3 Å². The fraction of sp³-hybridized carbons (Fsp3) is 0.500. The highest BCUT2D eigenvalue weighted by atomic mass is 16.3. The zero-order valence-corrected chi connectivity index (χ0v) is 14.6. The Morgan fingerprint density at radius 3 is 2.92 bits per heavy atom. The lowest BCUT2D eigenvalue weighted by molar-refractivity contribution is 0.328. The molecular formula is C20H24N4O. The number of nitrogens with one attached hydrogen (secondary N) is 1. The predicted molar refractivity (Wildman–Crippen MR) is 97.7 cm³/mol. The standard InChI is InChI=1S/C20H24N4O/c1-13-2-4-16-18(13)19(23-12-22-16)24-11-20(6-8-21-9-7-20)15-10-14(25)3-5-17(15)24/h3,5,10,12-13,21,25H,2,4,6-9,11H2,1H3. The summed E-state index contributed by atoms with van der Waals surface area (Å²) in [6.45, 7) is 5.29. The molecule has 0 bridgehead atoms. The van der Waals surface area contributed by atoms with Crippen molar-refractivity contribution < 1.29 is 5.11 Å². The zero-order chi connectivity index (χ0) is 17.0. The van der Waals surface area contributed by atoms with Crippen molar-refractivity contribution in [2.24, 2.45) is 0 Å². The number of aromatic nitrogens is 2. The van der Waals surface area contributed by atoms with Crippen molar-refractivity contribution in [3.8, 4) is 5.75 Å². The summed E-state index contributed by atoms with van der Waals surface area (Å²) in [5, 5.41) is 13.6. The van der Waals surface area contributed by atoms with Gasteiger partial charge in [0, 0.05) is 28.9 Å². The van der Waals surface area contributed by atoms with Crippen LogP contribution in [0, 0.1) is 0 Å². The number of aryl methyl sites for hydroxylation is 1. The van der Waals surface area contributed by atoms with Crippen LogP contribution >= 0.6 is 0 Å². The molecule has 1 aromatic carbocycles. The van der Waals surface area contributed by atoms with Crippen molar-refractivity contribution in [3.63, 3.8) is 0 Å². The van der Waals surface area contributed by atoms with Crippen LogP contribution in [-0.4, -0.2) is 34.7 Å². The number of fused-ring (bicyclic) bond motifs is 3. The minimum atomic E-state index is 0.110. The van der Waals surface area contributed by atoms with Gasteiger partial charge in [0.2, 0.25) is 0 Å². The largest absolute Gasteiger partial charge is 0.508 e. The van der Waals surface area contributed by atoms with Crippen LogP contribution in [0.25, 0.3) is 0 Å². The minimum absolute atomic E-state index is 0.110. The highest BCUT2D eigenvalue weighted by Gasteiger charge is 2.45. The monoisotopic (exact) mass is 336 g/mol. The topological polar surface area (TPSA) is 61.3 Å². The van der Waals surface area contributed by atoms with E-state index in [1.165, 1.54) is 22.5 Å². The average Bonchev–Trinajstić information content (AvgIpc) is 3.15. The van der Waals surface area contributed by atoms with E-state index in [0.29, 0.717) is 11.7 Å². The molecule has 3 heterocycles. The van der Waals surface area contributed by atoms with Crippen LogP contribution in [0.5, 0.6) is 5.75 Å². The number of anilines is 2. The molecule has 1 fully saturated rings. The van der Waals surface area contributed by atoms with E-state index in [0.717, 1.165) is 51.1 Å². The van der Waals surface area contributed by atoms with Gasteiger partial charge in [-0.25, -0.2) is 9.97 Å². The third-order valence-electron chi connectivity index (χ3n) is 6.37. The van der Waals surface area contributed by atoms with Gasteiger partial charge in [-0.05, 0) is 68.5 Å². The van der Waals surface area contributed by atoms with Crippen LogP contribution in [0.2, 0.25) is 0 Å². The van der Waals surface area contributed by atoms with Crippen LogP contribution in [0.1, 0.15) is 48.9 Å². The molecule has 25 heavy (non-hydrogen) atoms. The van der Waals surface area contributed by atoms with Crippen LogP contribution in [0.4, 0.5) is 11.5 Å². The number of phenols is 1. The van der Waals surface area contributed by atoms with E-state index in [9.17, 15) is 5.11 Å². The number of hydrogen-bond donors (Lipinski definition) is 2. The average molecular weight is 336 g/mol. The van der Waals surface area contributed by atoms with Crippen molar-refractivity contribution >= 4 is 11.5 Å². The quantitative estimate of drug-likeness (QED) is 0.838. The summed E-state index contributed by atoms with van der Waals surface area (Å²) in [6.07, 6.45) is 6.13. The third-order valence-corrected chi connectivity index (χ3v) is 6.37. The molecule has 1 unspecified atom stereocenters. The summed E-state index contributed by atoms with van der Waals surface area (Å²) < 4.78 is 0. The lowest BCUT2D eigenvalue weighted by Crippen LogP contribution is -2.42. The van der Waals surface area contributed by atoms with E-state index in [4.69, 9.17) is 4.98 Å². The van der Waals surface area contributed by atoms with E-state index >= 15 is 0 Å². The molecule has 2 N–H and O–H groups in total. The molecule has 3 aliphatic rings. The molecule has 130 valence electrons. The highest BCUT2D eigenvalue weighted by molar-refractivity contribution is 5.74. The second-order valence-corrected chi connectivity index (χ2v) is 7.82. The Labute approximate surface area is 148 Å². The van der Waals surface area contributed by atoms with Crippen LogP contribution in [0.15, 0.2) is 24.5 Å². The fourth-order valence-electron chi connectivity index (χ4n) is 5.02. The van der Waals surface area contributed by atoms with Crippen molar-refractivity contribution in [3.05, 3.63) is 41.3 Å². The summed E-state index contributed by atoms with van der Waals surface area (Å²) in [7, 11) is 0. The molecule has 5 heteroatoms. The number of aromatic hydroxyl groups is 1. The Morgan fingerprint density at radius 2 is 2.08 bits per heavy atom. The summed E-state index contributed by atoms with van der Waals surface area (Å²) >= 11 is 0. The summed E-state index contributed by atoms with van der Waals surface area (Å²) in [4.78, 5) is 11.6. The molecule has 2 aromatic rings. The van der Waals surface area contributed by atoms with Gasteiger partial charge in [0.15, 0.2) is 0 Å². The predicted octanol–water partition coefficient (Wildman–Crippen LogP) is 3.00. The van der Waals surface area contributed by atoms with E-state index < -0.39 is 0 Å². The summed E-state index contributed by atoms with van der Waals surface area (Å²) in [5.41, 5.74) is 5.14. The molecule has 1 aliphatic carbocycles. The van der Waals surface area contributed by atoms with Gasteiger partial charge in [0.25, 0.3) is 0 Å². The number of nitrogens with zero attached hydrogens (tertiary/aromatic N) is 3. The second kappa shape index (κ2) is 5.43. The molecule has 5 nitrogen and oxygen atoms in total. The summed E-state index contributed by atoms with van der Waals surface area (Å²) in [6, 6.07) is 5.85. The van der Waals surface area contributed by atoms with E-state index in [-0.39, 0.29) is 5.41 Å². The molecule has 1 spiro atoms. The Kier molecular flexibility index (Phi) is 3.29. The van der Waals surface area contributed by atoms with Crippen molar-refractivity contribution in [1.29, 1.82) is 0 Å². The maximum atomic E-state index is 10.1. The second-order valence-electron chi connectivity index (χ2n) is 7.82. The van der Waals surface area contributed by atoms with Gasteiger partial charge in [-0.2, -0.15) is 0 Å². The van der Waals surface area contributed by atoms with E-state index in [2.05, 4.69) is 28.2 Å². The molecule has 5 rings (SSSR count). The van der Waals surface area contributed by atoms with Gasteiger partial charge in [0.05, 0.1) is 0 Å². The van der Waals surface area contributed by atoms with Crippen LogP contribution in [0.3, 0.4) is 0 Å². The first-order valence-electron chi connectivity index (χ1n) is 9.33. The van der Waals surface area contributed by atoms with Gasteiger partial charge in [-0.15, -0.1) is 0 Å². The van der Waals surface area contributed by atoms with Gasteiger partial charge in [-0.3, -0.25) is 0 Å². The minimum Gasteiger partial charge on any atom is -0.508 e. The number of piperidine rings is 1. The maximum absolute atomic E-state index is 10.1. The lowest BCUT2D eigenvalue weighted by atomic mass is 9.75. The number of benzene rings is 1. The molecule has 1 aromatic heterocycles. The summed E-state index contributed by atoms with van der Waals surface area (Å²) in [5.74, 6) is 1.95. The Bertz CT molecular complexity index is 828. The molecule has 1 atom stereocenters. The Morgan fingerprint density at radius 1 is 1.24 bits per heavy atom.